The predicted octanol–water partition coefficient (Wildman–Crippen LogP) is 3.13. The van der Waals surface area contributed by atoms with Crippen LogP contribution >= 0.6 is 0 Å². The lowest BCUT2D eigenvalue weighted by atomic mass is 9.69. The standard InChI is InChI=1S/C31H41N2O3.BrH/c1-30(2)12-17-33-18-13-31(3,4)26-27(33)25(30)21-23-20-24(29(34)36-28(23)26)22-10-15-32(16-11-22)14-8-6-7-9-19-35-5;/h10-11,15-16,20-21H,6-9,12-14,17-19H2,1-5H3;1H/q+1;/p-1. The lowest BCUT2D eigenvalue weighted by molar-refractivity contribution is -0.697. The monoisotopic (exact) mass is 568 g/mol. The molecule has 5 nitrogen and oxygen atoms in total. The highest BCUT2D eigenvalue weighted by molar-refractivity contribution is 5.92. The number of aromatic nitrogens is 1. The number of ether oxygens (including phenoxy) is 1. The van der Waals surface area contributed by atoms with Crippen LogP contribution in [0.2, 0.25) is 0 Å². The Morgan fingerprint density at radius 3 is 2.35 bits per heavy atom. The molecule has 5 rings (SSSR count). The third kappa shape index (κ3) is 5.37. The highest BCUT2D eigenvalue weighted by Gasteiger charge is 2.41. The molecule has 0 atom stereocenters. The summed E-state index contributed by atoms with van der Waals surface area (Å²) in [6, 6.07) is 8.44. The molecular weight excluding hydrogens is 528 g/mol. The number of pyridine rings is 1. The van der Waals surface area contributed by atoms with Gasteiger partial charge in [-0.1, -0.05) is 34.1 Å². The number of fused-ring (bicyclic) bond motifs is 2. The Morgan fingerprint density at radius 2 is 1.65 bits per heavy atom. The molecule has 2 aromatic heterocycles. The minimum absolute atomic E-state index is 0. The van der Waals surface area contributed by atoms with Crippen LogP contribution in [-0.2, 0) is 22.1 Å². The third-order valence-corrected chi connectivity index (χ3v) is 8.45. The zero-order valence-electron chi connectivity index (χ0n) is 23.0. The molecule has 0 saturated heterocycles. The van der Waals surface area contributed by atoms with Gasteiger partial charge in [0.15, 0.2) is 12.4 Å². The van der Waals surface area contributed by atoms with Crippen molar-refractivity contribution in [3.8, 4) is 11.1 Å². The summed E-state index contributed by atoms with van der Waals surface area (Å²) in [6.07, 6.45) is 11.0. The first kappa shape index (κ1) is 27.8. The van der Waals surface area contributed by atoms with Crippen LogP contribution in [0.25, 0.3) is 22.1 Å². The van der Waals surface area contributed by atoms with Gasteiger partial charge in [0.25, 0.3) is 0 Å². The van der Waals surface area contributed by atoms with Crippen LogP contribution in [0.3, 0.4) is 0 Å². The summed E-state index contributed by atoms with van der Waals surface area (Å²) in [5.41, 5.74) is 6.05. The Kier molecular flexibility index (Phi) is 8.20. The van der Waals surface area contributed by atoms with E-state index < -0.39 is 0 Å². The maximum Gasteiger partial charge on any atom is 0.344 e. The van der Waals surface area contributed by atoms with Crippen LogP contribution in [0.5, 0.6) is 0 Å². The summed E-state index contributed by atoms with van der Waals surface area (Å²) in [5.74, 6) is 0. The van der Waals surface area contributed by atoms with Crippen molar-refractivity contribution in [3.63, 3.8) is 0 Å². The summed E-state index contributed by atoms with van der Waals surface area (Å²) in [7, 11) is 1.76. The number of halogens is 1. The predicted molar refractivity (Wildman–Crippen MR) is 146 cm³/mol. The molecule has 37 heavy (non-hydrogen) atoms. The minimum Gasteiger partial charge on any atom is -1.00 e. The highest BCUT2D eigenvalue weighted by atomic mass is 79.9. The first-order valence-corrected chi connectivity index (χ1v) is 13.6. The van der Waals surface area contributed by atoms with Gasteiger partial charge in [0, 0.05) is 67.6 Å². The van der Waals surface area contributed by atoms with E-state index in [4.69, 9.17) is 9.15 Å². The van der Waals surface area contributed by atoms with Crippen molar-refractivity contribution in [1.29, 1.82) is 0 Å². The Labute approximate surface area is 231 Å². The lowest BCUT2D eigenvalue weighted by Crippen LogP contribution is -3.00. The summed E-state index contributed by atoms with van der Waals surface area (Å²) in [4.78, 5) is 15.8. The van der Waals surface area contributed by atoms with E-state index in [2.05, 4.69) is 61.7 Å². The summed E-state index contributed by atoms with van der Waals surface area (Å²) in [6.45, 7) is 13.2. The van der Waals surface area contributed by atoms with Crippen LogP contribution in [-0.4, -0.2) is 26.8 Å². The Hall–Kier alpha value is -2.18. The molecule has 0 unspecified atom stereocenters. The van der Waals surface area contributed by atoms with Crippen LogP contribution in [0.15, 0.2) is 45.9 Å². The fourth-order valence-corrected chi connectivity index (χ4v) is 6.03. The van der Waals surface area contributed by atoms with Crippen molar-refractivity contribution in [2.45, 2.75) is 83.6 Å². The van der Waals surface area contributed by atoms with E-state index in [0.717, 1.165) is 68.5 Å². The number of methoxy groups -OCH3 is 1. The first-order chi connectivity index (χ1) is 17.2. The molecule has 6 heteroatoms. The molecule has 0 N–H and O–H groups in total. The smallest absolute Gasteiger partial charge is 0.344 e. The molecule has 0 spiro atoms. The van der Waals surface area contributed by atoms with Gasteiger partial charge >= 0.3 is 5.63 Å². The van der Waals surface area contributed by atoms with Gasteiger partial charge in [-0.15, -0.1) is 0 Å². The molecule has 0 bridgehead atoms. The molecule has 0 amide bonds. The number of hydrogen-bond donors (Lipinski definition) is 0. The summed E-state index contributed by atoms with van der Waals surface area (Å²) in [5, 5.41) is 1.04. The van der Waals surface area contributed by atoms with Gasteiger partial charge in [-0.3, -0.25) is 0 Å². The number of rotatable bonds is 8. The molecule has 3 aromatic rings. The van der Waals surface area contributed by atoms with Gasteiger partial charge in [0.2, 0.25) is 0 Å². The van der Waals surface area contributed by atoms with Crippen molar-refractivity contribution >= 4 is 16.7 Å². The van der Waals surface area contributed by atoms with Crippen molar-refractivity contribution in [2.24, 2.45) is 0 Å². The normalized spacial score (nSPS) is 17.4. The summed E-state index contributed by atoms with van der Waals surface area (Å²) < 4.78 is 13.5. The van der Waals surface area contributed by atoms with Gasteiger partial charge in [0.05, 0.1) is 5.56 Å². The van der Waals surface area contributed by atoms with E-state index in [1.165, 1.54) is 29.7 Å². The van der Waals surface area contributed by atoms with Crippen LogP contribution in [0.1, 0.15) is 77.3 Å². The SMILES string of the molecule is COCCCCCC[n+]1ccc(-c2cc3cc4c5c(c3oc2=O)C(C)(C)CCN5CCC4(C)C)cc1.[Br-]. The number of nitrogens with zero attached hydrogens (tertiary/aromatic N) is 2. The highest BCUT2D eigenvalue weighted by Crippen LogP contribution is 2.51. The largest absolute Gasteiger partial charge is 1.00 e. The van der Waals surface area contributed by atoms with Crippen LogP contribution in [0.4, 0.5) is 5.69 Å². The number of unbranched alkanes of at least 4 members (excludes halogenated alkanes) is 3. The number of aryl methyl sites for hydroxylation is 1. The number of hydrogen-bond acceptors (Lipinski definition) is 4. The maximum atomic E-state index is 13.3. The average Bonchev–Trinajstić information content (AvgIpc) is 2.84. The minimum atomic E-state index is -0.252. The van der Waals surface area contributed by atoms with E-state index in [1.54, 1.807) is 7.11 Å². The van der Waals surface area contributed by atoms with E-state index in [1.807, 2.05) is 12.1 Å². The zero-order chi connectivity index (χ0) is 25.5. The van der Waals surface area contributed by atoms with Gasteiger partial charge in [0.1, 0.15) is 12.1 Å². The number of anilines is 1. The van der Waals surface area contributed by atoms with E-state index >= 15 is 0 Å². The Balaban J connectivity index is 0.00000320. The fourth-order valence-electron chi connectivity index (χ4n) is 6.03. The number of benzene rings is 1. The lowest BCUT2D eigenvalue weighted by Gasteiger charge is -2.48. The van der Waals surface area contributed by atoms with Crippen LogP contribution in [0, 0.1) is 0 Å². The first-order valence-electron chi connectivity index (χ1n) is 13.6. The maximum absolute atomic E-state index is 13.3. The Bertz CT molecular complexity index is 1310. The van der Waals surface area contributed by atoms with Crippen molar-refractivity contribution in [3.05, 3.63) is 58.2 Å². The quantitative estimate of drug-likeness (QED) is 0.238. The van der Waals surface area contributed by atoms with Crippen LogP contribution < -0.4 is 32.1 Å². The second-order valence-electron chi connectivity index (χ2n) is 12.0. The van der Waals surface area contributed by atoms with Crippen molar-refractivity contribution in [2.75, 3.05) is 31.7 Å². The van der Waals surface area contributed by atoms with Gasteiger partial charge < -0.3 is 31.0 Å². The topological polar surface area (TPSA) is 46.6 Å². The molecule has 200 valence electrons. The van der Waals surface area contributed by atoms with Gasteiger partial charge in [-0.05, 0) is 54.2 Å². The fraction of sp³-hybridized carbons (Fsp3) is 0.548. The van der Waals surface area contributed by atoms with E-state index in [9.17, 15) is 4.79 Å². The molecule has 4 heterocycles. The van der Waals surface area contributed by atoms with Gasteiger partial charge in [-0.25, -0.2) is 9.36 Å². The molecule has 2 aliphatic rings. The van der Waals surface area contributed by atoms with E-state index in [0.29, 0.717) is 5.56 Å². The van der Waals surface area contributed by atoms with Crippen molar-refractivity contribution in [1.82, 2.24) is 0 Å². The Morgan fingerprint density at radius 1 is 0.973 bits per heavy atom. The molecule has 0 fully saturated rings. The summed E-state index contributed by atoms with van der Waals surface area (Å²) >= 11 is 0. The average molecular weight is 570 g/mol. The second kappa shape index (κ2) is 10.9. The third-order valence-electron chi connectivity index (χ3n) is 8.45. The van der Waals surface area contributed by atoms with E-state index in [-0.39, 0.29) is 33.4 Å². The molecule has 1 aromatic carbocycles. The second-order valence-corrected chi connectivity index (χ2v) is 12.0. The molecule has 2 aliphatic heterocycles. The molecule has 0 radical (unpaired) electrons. The zero-order valence-corrected chi connectivity index (χ0v) is 24.6. The molecule has 0 saturated carbocycles. The molecule has 0 aliphatic carbocycles. The molecular formula is C31H41BrN2O3. The van der Waals surface area contributed by atoms with Crippen molar-refractivity contribution < 1.29 is 30.7 Å². The van der Waals surface area contributed by atoms with Gasteiger partial charge in [-0.2, -0.15) is 0 Å².